The molecule has 0 amide bonds. The molecule has 2 aromatic rings. The van der Waals surface area contributed by atoms with Crippen LogP contribution in [0.5, 0.6) is 11.5 Å². The molecule has 5 N–H and O–H groups in total. The van der Waals surface area contributed by atoms with Gasteiger partial charge in [0.25, 0.3) is 0 Å². The number of nitrogens with one attached hydrogen (secondary N) is 1. The Morgan fingerprint density at radius 1 is 1.11 bits per heavy atom. The molecule has 0 saturated heterocycles. The van der Waals surface area contributed by atoms with Crippen LogP contribution in [0, 0.1) is 0 Å². The van der Waals surface area contributed by atoms with Gasteiger partial charge < -0.3 is 25.7 Å². The summed E-state index contributed by atoms with van der Waals surface area (Å²) < 4.78 is 42.8. The highest BCUT2D eigenvalue weighted by molar-refractivity contribution is 7.89. The number of nitrogens with two attached hydrogens (primary N) is 2. The molecule has 3 rings (SSSR count). The summed E-state index contributed by atoms with van der Waals surface area (Å²) in [6.45, 7) is -0.0155. The minimum absolute atomic E-state index is 0.0455. The summed E-state index contributed by atoms with van der Waals surface area (Å²) in [5, 5.41) is 0. The average molecular weight is 410 g/mol. The average Bonchev–Trinajstić information content (AvgIpc) is 2.89. The van der Waals surface area contributed by atoms with Crippen LogP contribution in [0.1, 0.15) is 12.2 Å². The lowest BCUT2D eigenvalue weighted by Gasteiger charge is -2.11. The lowest BCUT2D eigenvalue weighted by atomic mass is 10.3. The SMILES string of the molecule is Nc1nc(N)nc(COC(=O)CNS(=O)(=O)c2ccc3c(c2)OCCCO3)n1. The third-order valence-electron chi connectivity index (χ3n) is 3.51. The lowest BCUT2D eigenvalue weighted by molar-refractivity contribution is -0.143. The molecule has 0 bridgehead atoms. The first kappa shape index (κ1) is 19.6. The molecule has 2 heterocycles. The van der Waals surface area contributed by atoms with Crippen LogP contribution in [0.25, 0.3) is 0 Å². The van der Waals surface area contributed by atoms with Crippen molar-refractivity contribution in [3.05, 3.63) is 24.0 Å². The molecule has 13 heteroatoms. The molecule has 0 aliphatic carbocycles. The molecule has 12 nitrogen and oxygen atoms in total. The fourth-order valence-electron chi connectivity index (χ4n) is 2.27. The van der Waals surface area contributed by atoms with Crippen molar-refractivity contribution >= 4 is 27.9 Å². The predicted molar refractivity (Wildman–Crippen MR) is 95.7 cm³/mol. The van der Waals surface area contributed by atoms with Crippen molar-refractivity contribution in [1.29, 1.82) is 0 Å². The van der Waals surface area contributed by atoms with Crippen molar-refractivity contribution in [3.8, 4) is 11.5 Å². The molecule has 0 spiro atoms. The van der Waals surface area contributed by atoms with Gasteiger partial charge in [0.15, 0.2) is 23.9 Å². The summed E-state index contributed by atoms with van der Waals surface area (Å²) in [6.07, 6.45) is 0.694. The van der Waals surface area contributed by atoms with Gasteiger partial charge in [0.2, 0.25) is 21.9 Å². The van der Waals surface area contributed by atoms with E-state index in [1.165, 1.54) is 18.2 Å². The molecule has 1 aliphatic rings. The largest absolute Gasteiger partial charge is 0.490 e. The predicted octanol–water partition coefficient (Wildman–Crippen LogP) is -0.781. The zero-order chi connectivity index (χ0) is 20.1. The maximum atomic E-state index is 12.4. The van der Waals surface area contributed by atoms with Crippen LogP contribution in [0.4, 0.5) is 11.9 Å². The van der Waals surface area contributed by atoms with Gasteiger partial charge in [-0.1, -0.05) is 0 Å². The standard InChI is InChI=1S/C15H18N6O6S/c16-14-19-12(20-15(17)21-14)8-27-13(22)7-18-28(23,24)9-2-3-10-11(6-9)26-5-1-4-25-10/h2-3,6,18H,1,4-5,7-8H2,(H4,16,17,19,20,21). The molecule has 150 valence electrons. The highest BCUT2D eigenvalue weighted by Gasteiger charge is 2.20. The Bertz CT molecular complexity index is 963. The second-order valence-corrected chi connectivity index (χ2v) is 7.38. The third kappa shape index (κ3) is 4.95. The number of hydrogen-bond donors (Lipinski definition) is 3. The molecule has 28 heavy (non-hydrogen) atoms. The fraction of sp³-hybridized carbons (Fsp3) is 0.333. The van der Waals surface area contributed by atoms with Crippen molar-refractivity contribution in [2.45, 2.75) is 17.9 Å². The molecule has 1 aromatic carbocycles. The Morgan fingerprint density at radius 3 is 2.50 bits per heavy atom. The topological polar surface area (TPSA) is 182 Å². The normalized spacial score (nSPS) is 13.6. The molecule has 0 radical (unpaired) electrons. The molecular weight excluding hydrogens is 392 g/mol. The molecule has 1 aliphatic heterocycles. The number of ether oxygens (including phenoxy) is 3. The Hall–Kier alpha value is -3.19. The first-order valence-electron chi connectivity index (χ1n) is 8.14. The number of fused-ring (bicyclic) bond motifs is 1. The molecular formula is C15H18N6O6S. The number of nitrogens with zero attached hydrogens (tertiary/aromatic N) is 3. The summed E-state index contributed by atoms with van der Waals surface area (Å²) in [6, 6.07) is 4.20. The Labute approximate surface area is 160 Å². The van der Waals surface area contributed by atoms with Gasteiger partial charge in [-0.25, -0.2) is 8.42 Å². The smallest absolute Gasteiger partial charge is 0.321 e. The monoisotopic (exact) mass is 410 g/mol. The number of benzene rings is 1. The number of hydrogen-bond acceptors (Lipinski definition) is 11. The molecule has 0 saturated carbocycles. The van der Waals surface area contributed by atoms with Crippen LogP contribution >= 0.6 is 0 Å². The first-order valence-corrected chi connectivity index (χ1v) is 9.62. The molecule has 0 atom stereocenters. The van der Waals surface area contributed by atoms with Crippen molar-refractivity contribution in [1.82, 2.24) is 19.7 Å². The van der Waals surface area contributed by atoms with E-state index in [0.29, 0.717) is 31.1 Å². The second kappa shape index (κ2) is 8.22. The Balaban J connectivity index is 1.58. The van der Waals surface area contributed by atoms with Gasteiger partial charge in [0.1, 0.15) is 6.54 Å². The number of aromatic nitrogens is 3. The lowest BCUT2D eigenvalue weighted by Crippen LogP contribution is -2.30. The van der Waals surface area contributed by atoms with Crippen LogP contribution < -0.4 is 25.7 Å². The molecule has 0 unspecified atom stereocenters. The van der Waals surface area contributed by atoms with Crippen molar-refractivity contribution < 1.29 is 27.4 Å². The van der Waals surface area contributed by atoms with E-state index in [1.54, 1.807) is 0 Å². The van der Waals surface area contributed by atoms with E-state index in [0.717, 1.165) is 0 Å². The summed E-state index contributed by atoms with van der Waals surface area (Å²) >= 11 is 0. The summed E-state index contributed by atoms with van der Waals surface area (Å²) in [4.78, 5) is 22.8. The Morgan fingerprint density at radius 2 is 1.79 bits per heavy atom. The van der Waals surface area contributed by atoms with E-state index >= 15 is 0 Å². The number of carbonyl (C=O) groups excluding carboxylic acids is 1. The van der Waals surface area contributed by atoms with E-state index in [9.17, 15) is 13.2 Å². The number of nitrogen functional groups attached to an aromatic ring is 2. The Kier molecular flexibility index (Phi) is 5.75. The quantitative estimate of drug-likeness (QED) is 0.508. The van der Waals surface area contributed by atoms with Gasteiger partial charge in [-0.2, -0.15) is 19.7 Å². The van der Waals surface area contributed by atoms with E-state index in [-0.39, 0.29) is 29.2 Å². The maximum Gasteiger partial charge on any atom is 0.321 e. The van der Waals surface area contributed by atoms with Crippen LogP contribution in [-0.2, 0) is 26.2 Å². The maximum absolute atomic E-state index is 12.4. The van der Waals surface area contributed by atoms with Crippen molar-refractivity contribution in [2.75, 3.05) is 31.2 Å². The van der Waals surface area contributed by atoms with E-state index in [2.05, 4.69) is 19.7 Å². The second-order valence-electron chi connectivity index (χ2n) is 5.61. The number of rotatable bonds is 6. The minimum Gasteiger partial charge on any atom is -0.490 e. The molecule has 0 fully saturated rings. The van der Waals surface area contributed by atoms with E-state index < -0.39 is 22.5 Å². The van der Waals surface area contributed by atoms with Gasteiger partial charge in [-0.05, 0) is 12.1 Å². The van der Waals surface area contributed by atoms with Gasteiger partial charge in [0.05, 0.1) is 18.1 Å². The number of anilines is 2. The molecule has 1 aromatic heterocycles. The summed E-state index contributed by atoms with van der Waals surface area (Å²) in [7, 11) is -3.96. The fourth-order valence-corrected chi connectivity index (χ4v) is 3.25. The van der Waals surface area contributed by atoms with Crippen LogP contribution in [0.2, 0.25) is 0 Å². The third-order valence-corrected chi connectivity index (χ3v) is 4.91. The van der Waals surface area contributed by atoms with Crippen molar-refractivity contribution in [2.24, 2.45) is 0 Å². The zero-order valence-corrected chi connectivity index (χ0v) is 15.4. The number of esters is 1. The van der Waals surface area contributed by atoms with Gasteiger partial charge in [-0.15, -0.1) is 0 Å². The van der Waals surface area contributed by atoms with E-state index in [1.807, 2.05) is 0 Å². The van der Waals surface area contributed by atoms with Gasteiger partial charge >= 0.3 is 5.97 Å². The highest BCUT2D eigenvalue weighted by Crippen LogP contribution is 2.31. The number of carbonyl (C=O) groups is 1. The van der Waals surface area contributed by atoms with Crippen molar-refractivity contribution in [3.63, 3.8) is 0 Å². The van der Waals surface area contributed by atoms with Crippen LogP contribution in [-0.4, -0.2) is 49.1 Å². The number of sulfonamides is 1. The van der Waals surface area contributed by atoms with Crippen LogP contribution in [0.15, 0.2) is 23.1 Å². The summed E-state index contributed by atoms with van der Waals surface area (Å²) in [5.74, 6) is -0.235. The van der Waals surface area contributed by atoms with Crippen LogP contribution in [0.3, 0.4) is 0 Å². The minimum atomic E-state index is -3.96. The summed E-state index contributed by atoms with van der Waals surface area (Å²) in [5.41, 5.74) is 10.8. The van der Waals surface area contributed by atoms with E-state index in [4.69, 9.17) is 25.7 Å². The first-order chi connectivity index (χ1) is 13.3. The zero-order valence-electron chi connectivity index (χ0n) is 14.6. The highest BCUT2D eigenvalue weighted by atomic mass is 32.2. The van der Waals surface area contributed by atoms with Gasteiger partial charge in [0, 0.05) is 12.5 Å². The van der Waals surface area contributed by atoms with Gasteiger partial charge in [-0.3, -0.25) is 4.79 Å².